The third kappa shape index (κ3) is 7.55. The van der Waals surface area contributed by atoms with Crippen LogP contribution in [-0.4, -0.2) is 28.9 Å². The molecule has 2 heterocycles. The molecule has 1 aromatic heterocycles. The number of hydrogen-bond donors (Lipinski definition) is 2. The van der Waals surface area contributed by atoms with Gasteiger partial charge >= 0.3 is 0 Å². The average molecular weight is 539 g/mol. The number of pyridine rings is 1. The van der Waals surface area contributed by atoms with E-state index in [1.54, 1.807) is 43.4 Å². The summed E-state index contributed by atoms with van der Waals surface area (Å²) in [6.07, 6.45) is 12.4. The zero-order valence-electron chi connectivity index (χ0n) is 22.8. The summed E-state index contributed by atoms with van der Waals surface area (Å²) >= 11 is 0. The number of hydrogen-bond acceptors (Lipinski definition) is 5. The third-order valence-electron chi connectivity index (χ3n) is 6.73. The van der Waals surface area contributed by atoms with E-state index in [2.05, 4.69) is 34.4 Å². The number of nitrogen functional groups attached to an aromatic ring is 1. The molecule has 6 nitrogen and oxygen atoms in total. The molecule has 4 rings (SSSR count). The fraction of sp³-hybridized carbons (Fsp3) is 0.212. The van der Waals surface area contributed by atoms with Gasteiger partial charge < -0.3 is 15.8 Å². The van der Waals surface area contributed by atoms with Gasteiger partial charge in [-0.15, -0.1) is 0 Å². The van der Waals surface area contributed by atoms with E-state index in [0.717, 1.165) is 36.3 Å². The number of amides is 1. The maximum atomic E-state index is 13.8. The van der Waals surface area contributed by atoms with Crippen molar-refractivity contribution in [3.05, 3.63) is 121 Å². The van der Waals surface area contributed by atoms with Gasteiger partial charge in [0.15, 0.2) is 11.6 Å². The van der Waals surface area contributed by atoms with Crippen molar-refractivity contribution in [3.63, 3.8) is 0 Å². The highest BCUT2D eigenvalue weighted by Crippen LogP contribution is 2.29. The summed E-state index contributed by atoms with van der Waals surface area (Å²) in [5.74, 6) is -0.610. The van der Waals surface area contributed by atoms with Crippen LogP contribution in [0.1, 0.15) is 37.3 Å². The highest BCUT2D eigenvalue weighted by atomic mass is 19.1. The summed E-state index contributed by atoms with van der Waals surface area (Å²) in [5.41, 5.74) is 11.0. The van der Waals surface area contributed by atoms with Gasteiger partial charge in [0.2, 0.25) is 0 Å². The molecule has 1 amide bonds. The number of piperidine rings is 1. The molecule has 3 aromatic rings. The van der Waals surface area contributed by atoms with Crippen molar-refractivity contribution in [1.82, 2.24) is 15.2 Å². The number of halogens is 1. The molecule has 0 bridgehead atoms. The van der Waals surface area contributed by atoms with Crippen LogP contribution >= 0.6 is 0 Å². The van der Waals surface area contributed by atoms with E-state index in [1.165, 1.54) is 31.4 Å². The first-order valence-electron chi connectivity index (χ1n) is 13.4. The van der Waals surface area contributed by atoms with Gasteiger partial charge in [-0.2, -0.15) is 0 Å². The first kappa shape index (κ1) is 28.5. The monoisotopic (exact) mass is 538 g/mol. The Bertz CT molecular complexity index is 1450. The van der Waals surface area contributed by atoms with Gasteiger partial charge in [-0.1, -0.05) is 43.9 Å². The van der Waals surface area contributed by atoms with Crippen molar-refractivity contribution in [2.45, 2.75) is 32.7 Å². The first-order valence-corrected chi connectivity index (χ1v) is 13.4. The SMILES string of the molecule is C=C(/C=C\C(=C/C)NC(=O)C(=C)c1cc(-c2cncc(CN3CCCCC3)c2)ccc1N)Oc1ccccc1F. The molecule has 206 valence electrons. The second-order valence-electron chi connectivity index (χ2n) is 9.73. The lowest BCUT2D eigenvalue weighted by Crippen LogP contribution is -2.29. The number of carbonyl (C=O) groups excluding carboxylic acids is 1. The minimum absolute atomic E-state index is 0.0687. The molecule has 0 saturated carbocycles. The normalized spacial score (nSPS) is 14.2. The van der Waals surface area contributed by atoms with Gasteiger partial charge in [0.05, 0.1) is 0 Å². The largest absolute Gasteiger partial charge is 0.455 e. The maximum Gasteiger partial charge on any atom is 0.255 e. The fourth-order valence-corrected chi connectivity index (χ4v) is 4.53. The Hall–Kier alpha value is -4.49. The molecule has 1 saturated heterocycles. The number of aromatic nitrogens is 1. The smallest absolute Gasteiger partial charge is 0.255 e. The summed E-state index contributed by atoms with van der Waals surface area (Å²) in [5, 5.41) is 2.83. The number of nitrogens with zero attached hydrogens (tertiary/aromatic N) is 2. The Kier molecular flexibility index (Phi) is 9.65. The van der Waals surface area contributed by atoms with Crippen LogP contribution in [0.2, 0.25) is 0 Å². The predicted molar refractivity (Wildman–Crippen MR) is 159 cm³/mol. The molecule has 0 spiro atoms. The Morgan fingerprint density at radius 2 is 1.85 bits per heavy atom. The molecule has 1 aliphatic rings. The molecule has 2 aromatic carbocycles. The van der Waals surface area contributed by atoms with Crippen LogP contribution in [0, 0.1) is 5.82 Å². The Balaban J connectivity index is 1.43. The lowest BCUT2D eigenvalue weighted by molar-refractivity contribution is -0.114. The second kappa shape index (κ2) is 13.5. The highest BCUT2D eigenvalue weighted by Gasteiger charge is 2.15. The van der Waals surface area contributed by atoms with Crippen molar-refractivity contribution in [1.29, 1.82) is 0 Å². The third-order valence-corrected chi connectivity index (χ3v) is 6.73. The Morgan fingerprint density at radius 3 is 2.60 bits per heavy atom. The van der Waals surface area contributed by atoms with E-state index in [-0.39, 0.29) is 17.1 Å². The molecule has 1 fully saturated rings. The van der Waals surface area contributed by atoms with Crippen molar-refractivity contribution in [2.75, 3.05) is 18.8 Å². The molecule has 3 N–H and O–H groups in total. The molecule has 1 aliphatic heterocycles. The average Bonchev–Trinajstić information content (AvgIpc) is 2.97. The summed E-state index contributed by atoms with van der Waals surface area (Å²) in [4.78, 5) is 20.0. The van der Waals surface area contributed by atoms with E-state index >= 15 is 0 Å². The van der Waals surface area contributed by atoms with E-state index < -0.39 is 11.7 Å². The summed E-state index contributed by atoms with van der Waals surface area (Å²) < 4.78 is 19.3. The predicted octanol–water partition coefficient (Wildman–Crippen LogP) is 6.64. The van der Waals surface area contributed by atoms with Crippen molar-refractivity contribution in [3.8, 4) is 16.9 Å². The quantitative estimate of drug-likeness (QED) is 0.131. The molecule has 40 heavy (non-hydrogen) atoms. The maximum absolute atomic E-state index is 13.8. The first-order chi connectivity index (χ1) is 19.3. The van der Waals surface area contributed by atoms with E-state index in [1.807, 2.05) is 24.5 Å². The molecule has 0 aliphatic carbocycles. The number of allylic oxidation sites excluding steroid dienone is 3. The number of benzene rings is 2. The molecule has 7 heteroatoms. The second-order valence-corrected chi connectivity index (χ2v) is 9.73. The Morgan fingerprint density at radius 1 is 1.07 bits per heavy atom. The van der Waals surface area contributed by atoms with Crippen molar-refractivity contribution >= 4 is 17.2 Å². The molecule has 0 atom stereocenters. The number of rotatable bonds is 10. The van der Waals surface area contributed by atoms with Gasteiger partial charge in [0, 0.05) is 47.0 Å². The van der Waals surface area contributed by atoms with Gasteiger partial charge in [-0.25, -0.2) is 4.39 Å². The number of carbonyl (C=O) groups is 1. The van der Waals surface area contributed by atoms with E-state index in [0.29, 0.717) is 16.9 Å². The highest BCUT2D eigenvalue weighted by molar-refractivity contribution is 6.20. The molecular weight excluding hydrogens is 503 g/mol. The van der Waals surface area contributed by atoms with Crippen LogP contribution in [-0.2, 0) is 11.3 Å². The van der Waals surface area contributed by atoms with Crippen LogP contribution in [0.15, 0.2) is 104 Å². The van der Waals surface area contributed by atoms with Gasteiger partial charge in [-0.3, -0.25) is 14.7 Å². The van der Waals surface area contributed by atoms with Crippen molar-refractivity contribution in [2.24, 2.45) is 0 Å². The number of ether oxygens (including phenoxy) is 1. The summed E-state index contributed by atoms with van der Waals surface area (Å²) in [6.45, 7) is 12.7. The fourth-order valence-electron chi connectivity index (χ4n) is 4.53. The van der Waals surface area contributed by atoms with Gasteiger partial charge in [0.25, 0.3) is 5.91 Å². The zero-order valence-corrected chi connectivity index (χ0v) is 22.8. The molecule has 0 radical (unpaired) electrons. The van der Waals surface area contributed by atoms with Crippen LogP contribution in [0.3, 0.4) is 0 Å². The molecule has 0 unspecified atom stereocenters. The van der Waals surface area contributed by atoms with Crippen LogP contribution in [0.4, 0.5) is 10.1 Å². The van der Waals surface area contributed by atoms with Crippen LogP contribution in [0.25, 0.3) is 16.7 Å². The summed E-state index contributed by atoms with van der Waals surface area (Å²) in [7, 11) is 0. The number of likely N-dealkylation sites (tertiary alicyclic amines) is 1. The van der Waals surface area contributed by atoms with Crippen molar-refractivity contribution < 1.29 is 13.9 Å². The van der Waals surface area contributed by atoms with Crippen LogP contribution in [0.5, 0.6) is 5.75 Å². The lowest BCUT2D eigenvalue weighted by Gasteiger charge is -2.26. The minimum Gasteiger partial charge on any atom is -0.455 e. The number of para-hydroxylation sites is 1. The standard InChI is InChI=1S/C33H35FN4O2/c1-4-28(14-12-23(2)40-32-11-7-6-10-30(32)34)37-33(39)24(3)29-19-26(13-15-31(29)35)27-18-25(20-36-21-27)22-38-16-8-5-9-17-38/h4,6-7,10-15,18-21H,2-3,5,8-9,16-17,22,35H2,1H3,(H,37,39)/b14-12-,28-4+. The van der Waals surface area contributed by atoms with Gasteiger partial charge in [-0.05, 0) is 86.5 Å². The summed E-state index contributed by atoms with van der Waals surface area (Å²) in [6, 6.07) is 13.8. The number of nitrogens with one attached hydrogen (secondary N) is 1. The zero-order chi connectivity index (χ0) is 28.5. The Labute approximate surface area is 235 Å². The van der Waals surface area contributed by atoms with E-state index in [4.69, 9.17) is 10.5 Å². The van der Waals surface area contributed by atoms with Gasteiger partial charge in [0.1, 0.15) is 5.76 Å². The number of anilines is 1. The van der Waals surface area contributed by atoms with E-state index in [9.17, 15) is 9.18 Å². The molecular formula is C33H35FN4O2. The number of nitrogens with two attached hydrogens (primary N) is 1. The minimum atomic E-state index is -0.489. The van der Waals surface area contributed by atoms with Crippen LogP contribution < -0.4 is 15.8 Å². The lowest BCUT2D eigenvalue weighted by atomic mass is 9.97. The topological polar surface area (TPSA) is 80.5 Å².